The minimum Gasteiger partial charge on any atom is -0.482 e. The Morgan fingerprint density at radius 2 is 2.22 bits per heavy atom. The van der Waals surface area contributed by atoms with Gasteiger partial charge in [-0.1, -0.05) is 0 Å². The highest BCUT2D eigenvalue weighted by atomic mass is 79.9. The minimum absolute atomic E-state index is 0.0407. The molecule has 3 aromatic rings. The number of benzene rings is 1. The molecule has 2 aromatic heterocycles. The van der Waals surface area contributed by atoms with Crippen LogP contribution in [0.25, 0.3) is 11.0 Å². The molecule has 2 N–H and O–H groups in total. The molecule has 27 heavy (non-hydrogen) atoms. The van der Waals surface area contributed by atoms with Gasteiger partial charge in [0.25, 0.3) is 11.5 Å². The third kappa shape index (κ3) is 3.16. The van der Waals surface area contributed by atoms with Gasteiger partial charge >= 0.3 is 0 Å². The highest BCUT2D eigenvalue weighted by molar-refractivity contribution is 9.10. The van der Waals surface area contributed by atoms with Crippen molar-refractivity contribution in [2.24, 2.45) is 7.05 Å². The monoisotopic (exact) mass is 432 g/mol. The lowest BCUT2D eigenvalue weighted by molar-refractivity contribution is -0.118. The van der Waals surface area contributed by atoms with Crippen molar-refractivity contribution in [3.8, 4) is 5.75 Å². The average molecular weight is 433 g/mol. The summed E-state index contributed by atoms with van der Waals surface area (Å²) in [5.41, 5.74) is 0.993. The number of amides is 2. The van der Waals surface area contributed by atoms with Gasteiger partial charge in [-0.15, -0.1) is 0 Å². The molecule has 0 radical (unpaired) electrons. The molecule has 3 heterocycles. The number of nitrogens with zero attached hydrogens (tertiary/aromatic N) is 4. The van der Waals surface area contributed by atoms with E-state index < -0.39 is 5.91 Å². The Kier molecular flexibility index (Phi) is 4.15. The van der Waals surface area contributed by atoms with Crippen LogP contribution in [0.1, 0.15) is 0 Å². The van der Waals surface area contributed by atoms with Crippen molar-refractivity contribution >= 4 is 50.2 Å². The van der Waals surface area contributed by atoms with E-state index in [1.54, 1.807) is 25.2 Å². The Labute approximate surface area is 160 Å². The van der Waals surface area contributed by atoms with Gasteiger partial charge < -0.3 is 15.4 Å². The number of carbonyl (C=O) groups excluding carboxylic acids is 2. The molecular weight excluding hydrogens is 420 g/mol. The van der Waals surface area contributed by atoms with Crippen LogP contribution in [0, 0.1) is 0 Å². The fraction of sp³-hybridized carbons (Fsp3) is 0.188. The first-order chi connectivity index (χ1) is 12.9. The summed E-state index contributed by atoms with van der Waals surface area (Å²) in [7, 11) is 1.68. The van der Waals surface area contributed by atoms with Crippen LogP contribution in [0.5, 0.6) is 5.75 Å². The first kappa shape index (κ1) is 17.2. The normalized spacial score (nSPS) is 13.0. The molecule has 0 aliphatic carbocycles. The summed E-state index contributed by atoms with van der Waals surface area (Å²) in [4.78, 5) is 40.5. The third-order valence-electron chi connectivity index (χ3n) is 3.98. The van der Waals surface area contributed by atoms with E-state index in [4.69, 9.17) is 4.74 Å². The summed E-state index contributed by atoms with van der Waals surface area (Å²) >= 11 is 3.23. The first-order valence-electron chi connectivity index (χ1n) is 7.86. The maximum Gasteiger partial charge on any atom is 0.266 e. The third-order valence-corrected chi connectivity index (χ3v) is 4.53. The second-order valence-electron chi connectivity index (χ2n) is 5.89. The lowest BCUT2D eigenvalue weighted by atomic mass is 10.2. The molecule has 0 atom stereocenters. The number of anilines is 2. The molecule has 0 unspecified atom stereocenters. The summed E-state index contributed by atoms with van der Waals surface area (Å²) in [5, 5.41) is 9.75. The van der Waals surface area contributed by atoms with Gasteiger partial charge in [-0.05, 0) is 34.1 Å². The van der Waals surface area contributed by atoms with E-state index in [-0.39, 0.29) is 24.6 Å². The quantitative estimate of drug-likeness (QED) is 0.633. The van der Waals surface area contributed by atoms with Crippen molar-refractivity contribution in [2.45, 2.75) is 6.54 Å². The van der Waals surface area contributed by atoms with Crippen molar-refractivity contribution in [1.29, 1.82) is 0 Å². The Bertz CT molecular complexity index is 1150. The molecule has 1 aliphatic heterocycles. The van der Waals surface area contributed by atoms with Crippen LogP contribution in [0.4, 0.5) is 11.4 Å². The molecule has 1 aromatic carbocycles. The Morgan fingerprint density at radius 3 is 3.04 bits per heavy atom. The summed E-state index contributed by atoms with van der Waals surface area (Å²) < 4.78 is 8.33. The number of aromatic nitrogens is 4. The van der Waals surface area contributed by atoms with E-state index in [9.17, 15) is 14.4 Å². The maximum absolute atomic E-state index is 12.6. The summed E-state index contributed by atoms with van der Waals surface area (Å²) in [6.45, 7) is -0.260. The molecule has 0 bridgehead atoms. The number of nitrogens with one attached hydrogen (secondary N) is 2. The standard InChI is InChI=1S/C16H13BrN6O4/c1-22-15-13(14(17)21-22)16(26)23(7-18-15)5-11(24)19-8-2-3-10-9(4-8)20-12(25)6-27-10/h2-4,7H,5-6H2,1H3,(H,19,24)(H,20,25). The predicted molar refractivity (Wildman–Crippen MR) is 99.7 cm³/mol. The molecular formula is C16H13BrN6O4. The first-order valence-corrected chi connectivity index (χ1v) is 8.66. The molecule has 0 saturated heterocycles. The van der Waals surface area contributed by atoms with Crippen molar-refractivity contribution in [2.75, 3.05) is 17.2 Å². The van der Waals surface area contributed by atoms with Crippen molar-refractivity contribution in [3.05, 3.63) is 39.5 Å². The summed E-state index contributed by atoms with van der Waals surface area (Å²) in [5.74, 6) is -0.153. The lowest BCUT2D eigenvalue weighted by Gasteiger charge is -2.18. The smallest absolute Gasteiger partial charge is 0.266 e. The zero-order valence-corrected chi connectivity index (χ0v) is 15.6. The lowest BCUT2D eigenvalue weighted by Crippen LogP contribution is -2.28. The second-order valence-corrected chi connectivity index (χ2v) is 6.64. The van der Waals surface area contributed by atoms with Gasteiger partial charge in [0, 0.05) is 12.7 Å². The van der Waals surface area contributed by atoms with E-state index >= 15 is 0 Å². The molecule has 10 nitrogen and oxygen atoms in total. The van der Waals surface area contributed by atoms with Crippen molar-refractivity contribution in [3.63, 3.8) is 0 Å². The van der Waals surface area contributed by atoms with E-state index in [0.717, 1.165) is 0 Å². The van der Waals surface area contributed by atoms with Gasteiger partial charge in [-0.25, -0.2) is 9.67 Å². The van der Waals surface area contributed by atoms with Gasteiger partial charge in [0.15, 0.2) is 12.3 Å². The van der Waals surface area contributed by atoms with Crippen LogP contribution in [0.3, 0.4) is 0 Å². The number of carbonyl (C=O) groups is 2. The van der Waals surface area contributed by atoms with Crippen molar-refractivity contribution < 1.29 is 14.3 Å². The topological polar surface area (TPSA) is 120 Å². The molecule has 0 fully saturated rings. The maximum atomic E-state index is 12.6. The Balaban J connectivity index is 1.55. The largest absolute Gasteiger partial charge is 0.482 e. The van der Waals surface area contributed by atoms with Gasteiger partial charge in [0.05, 0.1) is 5.69 Å². The van der Waals surface area contributed by atoms with Crippen LogP contribution in [0.15, 0.2) is 33.9 Å². The van der Waals surface area contributed by atoms with Gasteiger partial charge in [0.1, 0.15) is 28.6 Å². The number of aryl methyl sites for hydroxylation is 1. The number of rotatable bonds is 3. The number of hydrogen-bond acceptors (Lipinski definition) is 6. The molecule has 1 aliphatic rings. The molecule has 2 amide bonds. The average Bonchev–Trinajstić information content (AvgIpc) is 2.91. The van der Waals surface area contributed by atoms with E-state index in [1.807, 2.05) is 0 Å². The predicted octanol–water partition coefficient (Wildman–Crippen LogP) is 0.862. The van der Waals surface area contributed by atoms with Crippen LogP contribution in [-0.4, -0.2) is 37.8 Å². The molecule has 11 heteroatoms. The molecule has 138 valence electrons. The SMILES string of the molecule is Cn1nc(Br)c2c(=O)n(CC(=O)Nc3ccc4c(c3)NC(=O)CO4)cnc21. The highest BCUT2D eigenvalue weighted by Crippen LogP contribution is 2.30. The van der Waals surface area contributed by atoms with E-state index in [0.29, 0.717) is 32.8 Å². The fourth-order valence-electron chi connectivity index (χ4n) is 2.76. The van der Waals surface area contributed by atoms with Gasteiger partial charge in [0.2, 0.25) is 5.91 Å². The summed E-state index contributed by atoms with van der Waals surface area (Å²) in [6.07, 6.45) is 1.30. The zero-order chi connectivity index (χ0) is 19.1. The van der Waals surface area contributed by atoms with Crippen LogP contribution in [0.2, 0.25) is 0 Å². The fourth-order valence-corrected chi connectivity index (χ4v) is 3.35. The highest BCUT2D eigenvalue weighted by Gasteiger charge is 2.18. The van der Waals surface area contributed by atoms with E-state index in [2.05, 4.69) is 36.6 Å². The van der Waals surface area contributed by atoms with Crippen molar-refractivity contribution in [1.82, 2.24) is 19.3 Å². The molecule has 4 rings (SSSR count). The zero-order valence-electron chi connectivity index (χ0n) is 14.0. The molecule has 0 spiro atoms. The minimum atomic E-state index is -0.415. The summed E-state index contributed by atoms with van der Waals surface area (Å²) in [6, 6.07) is 4.89. The second kappa shape index (κ2) is 6.50. The Hall–Kier alpha value is -3.21. The number of ether oxygens (including phenoxy) is 1. The van der Waals surface area contributed by atoms with Crippen LogP contribution in [-0.2, 0) is 23.2 Å². The number of halogens is 1. The van der Waals surface area contributed by atoms with Gasteiger partial charge in [-0.3, -0.25) is 19.0 Å². The van der Waals surface area contributed by atoms with Gasteiger partial charge in [-0.2, -0.15) is 5.10 Å². The molecule has 0 saturated carbocycles. The van der Waals surface area contributed by atoms with Crippen LogP contribution >= 0.6 is 15.9 Å². The van der Waals surface area contributed by atoms with E-state index in [1.165, 1.54) is 15.6 Å². The van der Waals surface area contributed by atoms with Crippen LogP contribution < -0.4 is 20.9 Å². The Morgan fingerprint density at radius 1 is 1.41 bits per heavy atom. The number of fused-ring (bicyclic) bond motifs is 2. The number of hydrogen-bond donors (Lipinski definition) is 2.